The predicted octanol–water partition coefficient (Wildman–Crippen LogP) is 3.55. The van der Waals surface area contributed by atoms with E-state index in [1.165, 1.54) is 18.2 Å². The van der Waals surface area contributed by atoms with Gasteiger partial charge >= 0.3 is 0 Å². The van der Waals surface area contributed by atoms with Gasteiger partial charge in [-0.05, 0) is 42.9 Å². The topological polar surface area (TPSA) is 68.5 Å². The minimum absolute atomic E-state index is 0.129. The first-order valence-corrected chi connectivity index (χ1v) is 9.90. The molecule has 0 N–H and O–H groups in total. The molecular weight excluding hydrogens is 350 g/mol. The molecule has 2 aromatic rings. The number of piperidine rings is 1. The number of nitrogens with zero attached hydrogens (tertiary/aromatic N) is 3. The van der Waals surface area contributed by atoms with Crippen molar-refractivity contribution in [3.8, 4) is 5.75 Å². The van der Waals surface area contributed by atoms with E-state index < -0.39 is 0 Å². The number of carbonyl (C=O) groups is 1. The fourth-order valence-corrected chi connectivity index (χ4v) is 3.97. The van der Waals surface area contributed by atoms with E-state index in [0.29, 0.717) is 28.7 Å². The van der Waals surface area contributed by atoms with Gasteiger partial charge in [-0.3, -0.25) is 4.79 Å². The molecule has 0 aliphatic carbocycles. The Morgan fingerprint density at radius 2 is 2.08 bits per heavy atom. The van der Waals surface area contributed by atoms with Crippen LogP contribution in [0.4, 0.5) is 0 Å². The van der Waals surface area contributed by atoms with Crippen molar-refractivity contribution in [2.45, 2.75) is 39.0 Å². The van der Waals surface area contributed by atoms with Crippen LogP contribution in [0.5, 0.6) is 5.75 Å². The van der Waals surface area contributed by atoms with Gasteiger partial charge in [-0.25, -0.2) is 0 Å². The van der Waals surface area contributed by atoms with E-state index >= 15 is 0 Å². The standard InChI is InChI=1S/C19H25N3O3S/c1-13-5-4-6-16(8-13)24-11-17-20-21-19(25-17)26-12-18(23)22-9-14(2)7-15(3)10-22/h4-6,8,14-15H,7,9-12H2,1-3H3. The summed E-state index contributed by atoms with van der Waals surface area (Å²) in [5.41, 5.74) is 1.13. The SMILES string of the molecule is Cc1cccc(OCc2nnc(SCC(=O)N3CC(C)CC(C)C3)o2)c1. The van der Waals surface area contributed by atoms with Crippen LogP contribution >= 0.6 is 11.8 Å². The van der Waals surface area contributed by atoms with Crippen LogP contribution in [-0.4, -0.2) is 39.8 Å². The second-order valence-corrected chi connectivity index (χ2v) is 8.03. The van der Waals surface area contributed by atoms with Crippen molar-refractivity contribution in [1.82, 2.24) is 15.1 Å². The number of aryl methyl sites for hydroxylation is 1. The summed E-state index contributed by atoms with van der Waals surface area (Å²) < 4.78 is 11.2. The molecule has 3 rings (SSSR count). The average Bonchev–Trinajstić information content (AvgIpc) is 3.05. The van der Waals surface area contributed by atoms with Crippen molar-refractivity contribution >= 4 is 17.7 Å². The number of rotatable bonds is 6. The molecule has 1 amide bonds. The van der Waals surface area contributed by atoms with Gasteiger partial charge in [0.15, 0.2) is 6.61 Å². The fraction of sp³-hybridized carbons (Fsp3) is 0.526. The van der Waals surface area contributed by atoms with Gasteiger partial charge in [0, 0.05) is 13.1 Å². The van der Waals surface area contributed by atoms with Gasteiger partial charge in [0.25, 0.3) is 11.1 Å². The zero-order chi connectivity index (χ0) is 18.5. The van der Waals surface area contributed by atoms with E-state index in [-0.39, 0.29) is 12.5 Å². The van der Waals surface area contributed by atoms with Crippen molar-refractivity contribution in [2.75, 3.05) is 18.8 Å². The first-order chi connectivity index (χ1) is 12.5. The van der Waals surface area contributed by atoms with Gasteiger partial charge in [0.2, 0.25) is 5.91 Å². The largest absolute Gasteiger partial charge is 0.484 e. The third kappa shape index (κ3) is 5.24. The predicted molar refractivity (Wildman–Crippen MR) is 100 cm³/mol. The van der Waals surface area contributed by atoms with Crippen LogP contribution in [-0.2, 0) is 11.4 Å². The number of aromatic nitrogens is 2. The van der Waals surface area contributed by atoms with Gasteiger partial charge in [-0.15, -0.1) is 10.2 Å². The smallest absolute Gasteiger partial charge is 0.277 e. The lowest BCUT2D eigenvalue weighted by atomic mass is 9.92. The van der Waals surface area contributed by atoms with Crippen LogP contribution in [0.25, 0.3) is 0 Å². The van der Waals surface area contributed by atoms with Crippen LogP contribution in [0.3, 0.4) is 0 Å². The molecule has 0 radical (unpaired) electrons. The van der Waals surface area contributed by atoms with Gasteiger partial charge in [-0.2, -0.15) is 0 Å². The second kappa shape index (κ2) is 8.58. The highest BCUT2D eigenvalue weighted by Gasteiger charge is 2.25. The lowest BCUT2D eigenvalue weighted by molar-refractivity contribution is -0.130. The fourth-order valence-electron chi connectivity index (χ4n) is 3.29. The molecule has 1 aromatic heterocycles. The van der Waals surface area contributed by atoms with E-state index in [0.717, 1.165) is 24.4 Å². The van der Waals surface area contributed by atoms with Crippen molar-refractivity contribution in [1.29, 1.82) is 0 Å². The monoisotopic (exact) mass is 375 g/mol. The molecule has 1 fully saturated rings. The van der Waals surface area contributed by atoms with Gasteiger partial charge < -0.3 is 14.1 Å². The molecule has 7 heteroatoms. The molecule has 1 aliphatic rings. The molecule has 140 valence electrons. The molecule has 1 aliphatic heterocycles. The van der Waals surface area contributed by atoms with Crippen LogP contribution in [0.1, 0.15) is 31.7 Å². The molecular formula is C19H25N3O3S. The Morgan fingerprint density at radius 3 is 2.81 bits per heavy atom. The zero-order valence-electron chi connectivity index (χ0n) is 15.5. The van der Waals surface area contributed by atoms with Crippen LogP contribution < -0.4 is 4.74 Å². The Bertz CT molecular complexity index is 739. The van der Waals surface area contributed by atoms with Crippen LogP contribution in [0, 0.1) is 18.8 Å². The Balaban J connectivity index is 1.47. The average molecular weight is 375 g/mol. The maximum Gasteiger partial charge on any atom is 0.277 e. The normalized spacial score (nSPS) is 20.2. The summed E-state index contributed by atoms with van der Waals surface area (Å²) >= 11 is 1.28. The van der Waals surface area contributed by atoms with Gasteiger partial charge in [0.05, 0.1) is 5.75 Å². The maximum atomic E-state index is 12.4. The number of carbonyl (C=O) groups excluding carboxylic acids is 1. The molecule has 2 atom stereocenters. The number of benzene rings is 1. The Hall–Kier alpha value is -2.02. The summed E-state index contributed by atoms with van der Waals surface area (Å²) in [6, 6.07) is 7.78. The molecule has 0 spiro atoms. The molecule has 1 saturated heterocycles. The van der Waals surface area contributed by atoms with E-state index in [1.54, 1.807) is 0 Å². The summed E-state index contributed by atoms with van der Waals surface area (Å²) in [6.45, 7) is 8.29. The zero-order valence-corrected chi connectivity index (χ0v) is 16.3. The number of likely N-dealkylation sites (tertiary alicyclic amines) is 1. The number of amides is 1. The van der Waals surface area contributed by atoms with Crippen molar-refractivity contribution in [3.05, 3.63) is 35.7 Å². The molecule has 0 saturated carbocycles. The summed E-state index contributed by atoms with van der Waals surface area (Å²) in [5.74, 6) is 2.73. The third-order valence-electron chi connectivity index (χ3n) is 4.34. The Kier molecular flexibility index (Phi) is 6.19. The summed E-state index contributed by atoms with van der Waals surface area (Å²) in [6.07, 6.45) is 1.19. The van der Waals surface area contributed by atoms with Crippen molar-refractivity contribution in [2.24, 2.45) is 11.8 Å². The molecule has 2 heterocycles. The lowest BCUT2D eigenvalue weighted by Gasteiger charge is -2.34. The molecule has 26 heavy (non-hydrogen) atoms. The van der Waals surface area contributed by atoms with E-state index in [1.807, 2.05) is 36.1 Å². The van der Waals surface area contributed by atoms with Crippen molar-refractivity contribution in [3.63, 3.8) is 0 Å². The first-order valence-electron chi connectivity index (χ1n) is 8.92. The van der Waals surface area contributed by atoms with Gasteiger partial charge in [0.1, 0.15) is 5.75 Å². The van der Waals surface area contributed by atoms with Crippen LogP contribution in [0.2, 0.25) is 0 Å². The Labute approximate surface area is 158 Å². The summed E-state index contributed by atoms with van der Waals surface area (Å²) in [7, 11) is 0. The highest BCUT2D eigenvalue weighted by Crippen LogP contribution is 2.23. The number of ether oxygens (including phenoxy) is 1. The molecule has 1 aromatic carbocycles. The summed E-state index contributed by atoms with van der Waals surface area (Å²) in [5, 5.41) is 8.37. The molecule has 2 unspecified atom stereocenters. The lowest BCUT2D eigenvalue weighted by Crippen LogP contribution is -2.43. The van der Waals surface area contributed by atoms with E-state index in [9.17, 15) is 4.79 Å². The quantitative estimate of drug-likeness (QED) is 0.719. The second-order valence-electron chi connectivity index (χ2n) is 7.10. The van der Waals surface area contributed by atoms with E-state index in [4.69, 9.17) is 9.15 Å². The first kappa shape index (κ1) is 18.8. The van der Waals surface area contributed by atoms with E-state index in [2.05, 4.69) is 24.0 Å². The number of hydrogen-bond donors (Lipinski definition) is 0. The highest BCUT2D eigenvalue weighted by atomic mass is 32.2. The minimum atomic E-state index is 0.129. The van der Waals surface area contributed by atoms with Crippen molar-refractivity contribution < 1.29 is 13.9 Å². The van der Waals surface area contributed by atoms with Crippen LogP contribution in [0.15, 0.2) is 33.9 Å². The van der Waals surface area contributed by atoms with Gasteiger partial charge in [-0.1, -0.05) is 37.7 Å². The highest BCUT2D eigenvalue weighted by molar-refractivity contribution is 7.99. The number of thioether (sulfide) groups is 1. The molecule has 0 bridgehead atoms. The maximum absolute atomic E-state index is 12.4. The minimum Gasteiger partial charge on any atom is -0.484 e. The Morgan fingerprint density at radius 1 is 1.31 bits per heavy atom. The number of hydrogen-bond acceptors (Lipinski definition) is 6. The molecule has 6 nitrogen and oxygen atoms in total. The summed E-state index contributed by atoms with van der Waals surface area (Å²) in [4.78, 5) is 14.4. The third-order valence-corrected chi connectivity index (χ3v) is 5.14.